The van der Waals surface area contributed by atoms with Crippen molar-refractivity contribution < 1.29 is 9.47 Å². The molecule has 1 heterocycles. The summed E-state index contributed by atoms with van der Waals surface area (Å²) in [6.07, 6.45) is 2.76. The molecule has 0 atom stereocenters. The minimum Gasteiger partial charge on any atom is -0.493 e. The highest BCUT2D eigenvalue weighted by Crippen LogP contribution is 2.37. The van der Waals surface area contributed by atoms with Crippen LogP contribution >= 0.6 is 28.6 Å². The molecule has 0 amide bonds. The zero-order chi connectivity index (χ0) is 18.0. The van der Waals surface area contributed by atoms with Gasteiger partial charge >= 0.3 is 0 Å². The second-order valence-electron chi connectivity index (χ2n) is 6.38. The average Bonchev–Trinajstić information content (AvgIpc) is 2.62. The molecule has 0 unspecified atom stereocenters. The lowest BCUT2D eigenvalue weighted by molar-refractivity contribution is 0.356. The molecule has 0 bridgehead atoms. The van der Waals surface area contributed by atoms with E-state index >= 15 is 0 Å². The van der Waals surface area contributed by atoms with Crippen LogP contribution in [0.4, 0.5) is 0 Å². The predicted molar refractivity (Wildman–Crippen MR) is 114 cm³/mol. The lowest BCUT2D eigenvalue weighted by Gasteiger charge is -2.16. The largest absolute Gasteiger partial charge is 0.493 e. The van der Waals surface area contributed by atoms with Crippen LogP contribution in [0.2, 0.25) is 5.02 Å². The fourth-order valence-corrected chi connectivity index (χ4v) is 3.19. The van der Waals surface area contributed by atoms with Crippen molar-refractivity contribution in [2.75, 3.05) is 14.2 Å². The maximum absolute atomic E-state index is 6.00. The Morgan fingerprint density at radius 3 is 2.08 bits per heavy atom. The van der Waals surface area contributed by atoms with Gasteiger partial charge < -0.3 is 9.47 Å². The summed E-state index contributed by atoms with van der Waals surface area (Å²) in [5.74, 6) is 1.78. The van der Waals surface area contributed by atoms with Crippen molar-refractivity contribution in [3.8, 4) is 11.5 Å². The Bertz CT molecular complexity index is 895. The summed E-state index contributed by atoms with van der Waals surface area (Å²) in [6, 6.07) is 12.0. The van der Waals surface area contributed by atoms with E-state index in [0.29, 0.717) is 5.92 Å². The summed E-state index contributed by atoms with van der Waals surface area (Å²) in [5, 5.41) is 3.00. The second-order valence-corrected chi connectivity index (χ2v) is 6.82. The highest BCUT2D eigenvalue weighted by atomic mass is 79.9. The molecule has 0 saturated carbocycles. The first-order valence-corrected chi connectivity index (χ1v) is 8.69. The third kappa shape index (κ3) is 4.13. The Kier molecular flexibility index (Phi) is 6.90. The summed E-state index contributed by atoms with van der Waals surface area (Å²) in [7, 11) is 3.32. The van der Waals surface area contributed by atoms with Crippen LogP contribution in [0, 0.1) is 0 Å². The number of ether oxygens (including phenoxy) is 2. The zero-order valence-corrected chi connectivity index (χ0v) is 17.8. The van der Waals surface area contributed by atoms with Crippen LogP contribution in [0.25, 0.3) is 10.8 Å². The first-order chi connectivity index (χ1) is 12.0. The van der Waals surface area contributed by atoms with Gasteiger partial charge in [-0.25, -0.2) is 0 Å². The van der Waals surface area contributed by atoms with Crippen molar-refractivity contribution >= 4 is 39.4 Å². The molecule has 0 N–H and O–H groups in total. The molecule has 0 spiro atoms. The Labute approximate surface area is 170 Å². The summed E-state index contributed by atoms with van der Waals surface area (Å²) in [6.45, 7) is 4.30. The highest BCUT2D eigenvalue weighted by molar-refractivity contribution is 8.93. The van der Waals surface area contributed by atoms with E-state index in [4.69, 9.17) is 26.1 Å². The number of benzene rings is 2. The van der Waals surface area contributed by atoms with Crippen molar-refractivity contribution in [2.45, 2.75) is 26.2 Å². The van der Waals surface area contributed by atoms with Gasteiger partial charge in [0.25, 0.3) is 0 Å². The van der Waals surface area contributed by atoms with Crippen molar-refractivity contribution in [1.82, 2.24) is 4.98 Å². The van der Waals surface area contributed by atoms with Crippen molar-refractivity contribution in [1.29, 1.82) is 0 Å². The lowest BCUT2D eigenvalue weighted by Crippen LogP contribution is -2.00. The maximum atomic E-state index is 6.00. The molecular weight excluding hydrogens is 414 g/mol. The van der Waals surface area contributed by atoms with E-state index in [1.54, 1.807) is 14.2 Å². The van der Waals surface area contributed by atoms with Gasteiger partial charge in [-0.1, -0.05) is 37.6 Å². The van der Waals surface area contributed by atoms with E-state index in [1.807, 2.05) is 42.6 Å². The molecule has 5 heteroatoms. The van der Waals surface area contributed by atoms with Crippen LogP contribution < -0.4 is 9.47 Å². The SMILES string of the molecule is Br.COc1cc2c(Cc3ccc(Cl)cc3)cnc(C(C)C)c2cc1OC. The van der Waals surface area contributed by atoms with E-state index in [1.165, 1.54) is 5.56 Å². The van der Waals surface area contributed by atoms with Gasteiger partial charge in [0, 0.05) is 16.6 Å². The van der Waals surface area contributed by atoms with Gasteiger partial charge in [-0.05, 0) is 53.1 Å². The number of rotatable bonds is 5. The first kappa shape index (κ1) is 20.5. The molecule has 3 rings (SSSR count). The average molecular weight is 437 g/mol. The fourth-order valence-electron chi connectivity index (χ4n) is 3.07. The molecule has 3 nitrogen and oxygen atoms in total. The third-order valence-corrected chi connectivity index (χ3v) is 4.61. The summed E-state index contributed by atoms with van der Waals surface area (Å²) in [4.78, 5) is 4.73. The number of pyridine rings is 1. The Balaban J connectivity index is 0.00000243. The van der Waals surface area contributed by atoms with Crippen LogP contribution in [0.1, 0.15) is 36.6 Å². The van der Waals surface area contributed by atoms with E-state index in [-0.39, 0.29) is 17.0 Å². The van der Waals surface area contributed by atoms with Gasteiger partial charge in [0.15, 0.2) is 11.5 Å². The topological polar surface area (TPSA) is 31.4 Å². The molecule has 0 fully saturated rings. The second kappa shape index (κ2) is 8.74. The van der Waals surface area contributed by atoms with E-state index < -0.39 is 0 Å². The minimum absolute atomic E-state index is 0. The van der Waals surface area contributed by atoms with Gasteiger partial charge in [-0.2, -0.15) is 0 Å². The smallest absolute Gasteiger partial charge is 0.161 e. The van der Waals surface area contributed by atoms with E-state index in [0.717, 1.165) is 45.0 Å². The van der Waals surface area contributed by atoms with Crippen LogP contribution in [-0.2, 0) is 6.42 Å². The van der Waals surface area contributed by atoms with Crippen LogP contribution in [0.3, 0.4) is 0 Å². The lowest BCUT2D eigenvalue weighted by atomic mass is 9.95. The van der Waals surface area contributed by atoms with Gasteiger partial charge in [0.2, 0.25) is 0 Å². The number of nitrogens with zero attached hydrogens (tertiary/aromatic N) is 1. The standard InChI is InChI=1S/C21H22ClNO2.BrH/c1-13(2)21-18-11-20(25-4)19(24-3)10-17(18)15(12-23-21)9-14-5-7-16(22)8-6-14;/h5-8,10-13H,9H2,1-4H3;1H. The highest BCUT2D eigenvalue weighted by Gasteiger charge is 2.15. The monoisotopic (exact) mass is 435 g/mol. The van der Waals surface area contributed by atoms with E-state index in [2.05, 4.69) is 13.8 Å². The molecule has 0 aliphatic rings. The normalized spacial score (nSPS) is 10.7. The van der Waals surface area contributed by atoms with E-state index in [9.17, 15) is 0 Å². The number of fused-ring (bicyclic) bond motifs is 1. The van der Waals surface area contributed by atoms with Crippen LogP contribution in [0.15, 0.2) is 42.6 Å². The van der Waals surface area contributed by atoms with Crippen molar-refractivity contribution in [3.63, 3.8) is 0 Å². The first-order valence-electron chi connectivity index (χ1n) is 8.31. The molecule has 138 valence electrons. The maximum Gasteiger partial charge on any atom is 0.161 e. The van der Waals surface area contributed by atoms with Crippen LogP contribution in [-0.4, -0.2) is 19.2 Å². The summed E-state index contributed by atoms with van der Waals surface area (Å²) < 4.78 is 11.0. The molecule has 3 aromatic rings. The third-order valence-electron chi connectivity index (χ3n) is 4.36. The quantitative estimate of drug-likeness (QED) is 0.477. The molecular formula is C21H23BrClNO2. The minimum atomic E-state index is 0. The van der Waals surface area contributed by atoms with Gasteiger partial charge in [-0.15, -0.1) is 17.0 Å². The number of hydrogen-bond donors (Lipinski definition) is 0. The molecule has 26 heavy (non-hydrogen) atoms. The molecule has 2 aromatic carbocycles. The van der Waals surface area contributed by atoms with Crippen molar-refractivity contribution in [2.24, 2.45) is 0 Å². The zero-order valence-electron chi connectivity index (χ0n) is 15.4. The van der Waals surface area contributed by atoms with Gasteiger partial charge in [-0.3, -0.25) is 4.98 Å². The molecule has 1 aromatic heterocycles. The van der Waals surface area contributed by atoms with Crippen molar-refractivity contribution in [3.05, 3.63) is 64.4 Å². The number of methoxy groups -OCH3 is 2. The number of aromatic nitrogens is 1. The molecule has 0 radical (unpaired) electrons. The Morgan fingerprint density at radius 1 is 0.962 bits per heavy atom. The molecule has 0 aliphatic carbocycles. The Hall–Kier alpha value is -1.78. The number of halogens is 2. The summed E-state index contributed by atoms with van der Waals surface area (Å²) >= 11 is 6.00. The molecule has 0 aliphatic heterocycles. The van der Waals surface area contributed by atoms with Gasteiger partial charge in [0.05, 0.1) is 19.9 Å². The van der Waals surface area contributed by atoms with Crippen LogP contribution in [0.5, 0.6) is 11.5 Å². The summed E-state index contributed by atoms with van der Waals surface area (Å²) in [5.41, 5.74) is 3.41. The fraction of sp³-hybridized carbons (Fsp3) is 0.286. The Morgan fingerprint density at radius 2 is 1.54 bits per heavy atom. The molecule has 0 saturated heterocycles. The van der Waals surface area contributed by atoms with Gasteiger partial charge in [0.1, 0.15) is 0 Å². The number of hydrogen-bond acceptors (Lipinski definition) is 3. The predicted octanol–water partition coefficient (Wildman–Crippen LogP) is 6.20.